The number of benzene rings is 2. The second-order valence-corrected chi connectivity index (χ2v) is 36.2. The average Bonchev–Trinajstić information content (AvgIpc) is 3.25. The maximum absolute atomic E-state index is 7.38. The first-order valence-electron chi connectivity index (χ1n) is 8.32. The van der Waals surface area contributed by atoms with Crippen LogP contribution in [0, 0.1) is 0 Å². The molecule has 0 N–H and O–H groups in total. The van der Waals surface area contributed by atoms with Crippen molar-refractivity contribution in [2.75, 3.05) is 0 Å². The molecule has 0 aromatic heterocycles. The summed E-state index contributed by atoms with van der Waals surface area (Å²) < 4.78 is 2.08. The molecular formula is C20H14BrCl2S2Zr. The summed E-state index contributed by atoms with van der Waals surface area (Å²) in [6, 6.07) is 16.8. The molecule has 0 spiro atoms. The minimum atomic E-state index is -4.66. The molecule has 0 saturated carbocycles. The summed E-state index contributed by atoms with van der Waals surface area (Å²) in [6.45, 7) is 0. The van der Waals surface area contributed by atoms with Gasteiger partial charge < -0.3 is 0 Å². The molecule has 0 nitrogen and oxygen atoms in total. The summed E-state index contributed by atoms with van der Waals surface area (Å²) in [5, 5.41) is 0.258. The van der Waals surface area contributed by atoms with Crippen LogP contribution in [0.3, 0.4) is 0 Å². The molecule has 2 unspecified atom stereocenters. The number of thiol groups is 1. The topological polar surface area (TPSA) is 0 Å². The first-order valence-corrected chi connectivity index (χ1v) is 22.7. The van der Waals surface area contributed by atoms with E-state index in [2.05, 4.69) is 70.6 Å². The van der Waals surface area contributed by atoms with Crippen molar-refractivity contribution in [3.8, 4) is 0 Å². The van der Waals surface area contributed by atoms with Crippen LogP contribution in [0.1, 0.15) is 31.1 Å². The van der Waals surface area contributed by atoms with Gasteiger partial charge in [-0.15, -0.1) is 0 Å². The molecule has 1 heterocycles. The Kier molecular flexibility index (Phi) is 4.34. The van der Waals surface area contributed by atoms with E-state index in [9.17, 15) is 0 Å². The Morgan fingerprint density at radius 2 is 1.62 bits per heavy atom. The Morgan fingerprint density at radius 1 is 0.962 bits per heavy atom. The van der Waals surface area contributed by atoms with Crippen LogP contribution in [0.4, 0.5) is 0 Å². The fourth-order valence-electron chi connectivity index (χ4n) is 4.16. The van der Waals surface area contributed by atoms with E-state index < -0.39 is 14.9 Å². The van der Waals surface area contributed by atoms with Crippen LogP contribution in [-0.4, -0.2) is 0 Å². The number of thioether (sulfide) groups is 1. The van der Waals surface area contributed by atoms with Crippen molar-refractivity contribution in [2.24, 2.45) is 0 Å². The summed E-state index contributed by atoms with van der Waals surface area (Å²) in [5.74, 6) is 0. The predicted molar refractivity (Wildman–Crippen MR) is 120 cm³/mol. The van der Waals surface area contributed by atoms with Gasteiger partial charge >= 0.3 is 180 Å². The van der Waals surface area contributed by atoms with Gasteiger partial charge in [0, 0.05) is 0 Å². The van der Waals surface area contributed by atoms with Gasteiger partial charge in [-0.2, -0.15) is 0 Å². The monoisotopic (exact) mass is 557 g/mol. The van der Waals surface area contributed by atoms with Crippen molar-refractivity contribution in [3.63, 3.8) is 0 Å². The van der Waals surface area contributed by atoms with Crippen LogP contribution < -0.4 is 0 Å². The van der Waals surface area contributed by atoms with E-state index in [4.69, 9.17) is 26.4 Å². The van der Waals surface area contributed by atoms with Gasteiger partial charge in [-0.3, -0.25) is 0 Å². The fraction of sp³-hybridized carbons (Fsp3) is 0.100. The third-order valence-electron chi connectivity index (χ3n) is 5.35. The van der Waals surface area contributed by atoms with Crippen LogP contribution in [0.25, 0.3) is 12.2 Å². The second-order valence-electron chi connectivity index (χ2n) is 6.87. The normalized spacial score (nSPS) is 24.8. The van der Waals surface area contributed by atoms with E-state index in [1.807, 2.05) is 12.1 Å². The van der Waals surface area contributed by atoms with Crippen LogP contribution in [0.15, 0.2) is 67.3 Å². The predicted octanol–water partition coefficient (Wildman–Crippen LogP) is 8.05. The zero-order chi connectivity index (χ0) is 18.1. The molecule has 131 valence electrons. The summed E-state index contributed by atoms with van der Waals surface area (Å²) in [7, 11) is 19.9. The second kappa shape index (κ2) is 6.15. The zero-order valence-electron chi connectivity index (χ0n) is 13.5. The summed E-state index contributed by atoms with van der Waals surface area (Å²) in [5.41, 5.74) is 6.19. The average molecular weight is 561 g/mol. The van der Waals surface area contributed by atoms with Crippen LogP contribution in [0.2, 0.25) is 0 Å². The molecule has 0 saturated heterocycles. The molecule has 26 heavy (non-hydrogen) atoms. The third-order valence-corrected chi connectivity index (χ3v) is 24.1. The number of hydrogen-bond acceptors (Lipinski definition) is 2. The van der Waals surface area contributed by atoms with Gasteiger partial charge in [-0.25, -0.2) is 0 Å². The molecular weight excluding hydrogens is 546 g/mol. The summed E-state index contributed by atoms with van der Waals surface area (Å²) in [4.78, 5) is 0. The molecule has 3 aliphatic rings. The van der Waals surface area contributed by atoms with Gasteiger partial charge in [0.1, 0.15) is 0 Å². The minimum absolute atomic E-state index is 0.0363. The first kappa shape index (κ1) is 18.3. The van der Waals surface area contributed by atoms with Crippen LogP contribution in [-0.2, 0) is 14.9 Å². The van der Waals surface area contributed by atoms with Gasteiger partial charge in [0.05, 0.1) is 0 Å². The molecule has 2 atom stereocenters. The molecule has 5 rings (SSSR count). The number of allylic oxidation sites excluding steroid dienone is 2. The Hall–Kier alpha value is 0.303. The van der Waals surface area contributed by atoms with Gasteiger partial charge in [-0.1, -0.05) is 0 Å². The Labute approximate surface area is 177 Å². The van der Waals surface area contributed by atoms with Crippen LogP contribution >= 0.6 is 54.1 Å². The van der Waals surface area contributed by atoms with Gasteiger partial charge in [-0.05, 0) is 0 Å². The standard InChI is InChI=1S/C11H6BrS.C9H7.2ClH.H2S.Zr/c12-10-6-8-5-7-3-1-2-4-9(7)11(8)13-10;1-2-5-9-7-3-6-8(9)4-1;;;;/h1-5,11H;1-7H;2*1H;1H2;/q;;;;;+3/p-3. The zero-order valence-corrected chi connectivity index (χ0v) is 20.8. The van der Waals surface area contributed by atoms with Crippen molar-refractivity contribution < 1.29 is 14.9 Å². The Bertz CT molecular complexity index is 1050. The molecule has 2 aromatic rings. The van der Waals surface area contributed by atoms with Crippen molar-refractivity contribution in [1.29, 1.82) is 0 Å². The van der Waals surface area contributed by atoms with Crippen molar-refractivity contribution in [1.82, 2.24) is 0 Å². The summed E-state index contributed by atoms with van der Waals surface area (Å²) in [6.07, 6.45) is 6.52. The van der Waals surface area contributed by atoms with E-state index >= 15 is 0 Å². The van der Waals surface area contributed by atoms with Gasteiger partial charge in [0.2, 0.25) is 0 Å². The molecule has 0 fully saturated rings. The number of halogens is 3. The Morgan fingerprint density at radius 3 is 2.38 bits per heavy atom. The van der Waals surface area contributed by atoms with E-state index in [-0.39, 0.29) is 8.88 Å². The number of rotatable bonds is 2. The van der Waals surface area contributed by atoms with Gasteiger partial charge in [0.15, 0.2) is 0 Å². The van der Waals surface area contributed by atoms with Crippen LogP contribution in [0.5, 0.6) is 0 Å². The maximum atomic E-state index is 7.38. The van der Waals surface area contributed by atoms with E-state index in [1.165, 1.54) is 27.8 Å². The van der Waals surface area contributed by atoms with Crippen molar-refractivity contribution in [3.05, 3.63) is 89.5 Å². The number of fused-ring (bicyclic) bond motifs is 4. The van der Waals surface area contributed by atoms with Crippen molar-refractivity contribution in [2.45, 2.75) is 8.88 Å². The van der Waals surface area contributed by atoms with E-state index in [0.29, 0.717) is 0 Å². The van der Waals surface area contributed by atoms with Crippen molar-refractivity contribution >= 4 is 66.3 Å². The molecule has 2 aliphatic carbocycles. The fourth-order valence-corrected chi connectivity index (χ4v) is 27.6. The Balaban J connectivity index is 1.66. The van der Waals surface area contributed by atoms with E-state index in [0.717, 1.165) is 7.10 Å². The summed E-state index contributed by atoms with van der Waals surface area (Å²) >= 11 is 0.914. The third kappa shape index (κ3) is 2.60. The molecule has 0 radical (unpaired) electrons. The van der Waals surface area contributed by atoms with E-state index in [1.54, 1.807) is 11.8 Å². The molecule has 1 aliphatic heterocycles. The molecule has 6 heteroatoms. The molecule has 0 amide bonds. The molecule has 2 aromatic carbocycles. The number of hydrogen-bond donors (Lipinski definition) is 1. The quantitative estimate of drug-likeness (QED) is 0.363. The first-order chi connectivity index (χ1) is 12.4. The van der Waals surface area contributed by atoms with Gasteiger partial charge in [0.25, 0.3) is 0 Å². The molecule has 0 bridgehead atoms. The SMILES string of the molecule is [SH][Zr]([Cl])([Cl])([C]1=C(Br)SC2C1=Cc1ccccc12)[CH]1C=Cc2ccccc21.